The number of benzene rings is 2. The largest absolute Gasteiger partial charge is 0.497 e. The topological polar surface area (TPSA) is 46.6 Å². The molecule has 0 saturated carbocycles. The van der Waals surface area contributed by atoms with Crippen molar-refractivity contribution < 1.29 is 18.7 Å². The minimum absolute atomic E-state index is 0.116. The van der Waals surface area contributed by atoms with Gasteiger partial charge in [0.05, 0.1) is 31.1 Å². The van der Waals surface area contributed by atoms with E-state index in [2.05, 4.69) is 0 Å². The molecule has 0 atom stereocenters. The van der Waals surface area contributed by atoms with E-state index in [0.717, 1.165) is 4.90 Å². The molecule has 0 fully saturated rings. The van der Waals surface area contributed by atoms with Crippen molar-refractivity contribution in [3.63, 3.8) is 0 Å². The minimum Gasteiger partial charge on any atom is -0.497 e. The zero-order chi connectivity index (χ0) is 16.4. The lowest BCUT2D eigenvalue weighted by atomic mass is 10.1. The average Bonchev–Trinajstić information content (AvgIpc) is 2.84. The number of imide groups is 1. The third-order valence-electron chi connectivity index (χ3n) is 3.80. The van der Waals surface area contributed by atoms with Crippen molar-refractivity contribution >= 4 is 17.4 Å². The number of hydrogen-bond donors (Lipinski definition) is 0. The van der Waals surface area contributed by atoms with E-state index in [-0.39, 0.29) is 12.1 Å². The molecule has 0 bridgehead atoms. The second-order valence-corrected chi connectivity index (χ2v) is 5.10. The maximum Gasteiger partial charge on any atom is 0.261 e. The summed E-state index contributed by atoms with van der Waals surface area (Å²) < 4.78 is 18.4. The molecular formula is C18H14FNO3. The summed E-state index contributed by atoms with van der Waals surface area (Å²) in [6.45, 7) is -0.116. The van der Waals surface area contributed by atoms with E-state index < -0.39 is 11.8 Å². The maximum atomic E-state index is 13.3. The molecule has 4 nitrogen and oxygen atoms in total. The van der Waals surface area contributed by atoms with Crippen molar-refractivity contribution in [3.05, 3.63) is 71.6 Å². The number of carbonyl (C=O) groups is 2. The maximum absolute atomic E-state index is 13.3. The van der Waals surface area contributed by atoms with Gasteiger partial charge in [0.1, 0.15) is 5.75 Å². The van der Waals surface area contributed by atoms with Gasteiger partial charge >= 0.3 is 0 Å². The lowest BCUT2D eigenvalue weighted by Crippen LogP contribution is -2.31. The molecule has 1 aliphatic heterocycles. The number of hydrogen-bond acceptors (Lipinski definition) is 3. The van der Waals surface area contributed by atoms with Crippen LogP contribution in [0.5, 0.6) is 5.75 Å². The van der Waals surface area contributed by atoms with E-state index in [9.17, 15) is 14.0 Å². The van der Waals surface area contributed by atoms with Crippen molar-refractivity contribution in [1.29, 1.82) is 0 Å². The van der Waals surface area contributed by atoms with E-state index >= 15 is 0 Å². The number of methoxy groups -OCH3 is 1. The van der Waals surface area contributed by atoms with Crippen molar-refractivity contribution in [3.8, 4) is 5.75 Å². The molecule has 0 radical (unpaired) electrons. The molecule has 116 valence electrons. The van der Waals surface area contributed by atoms with Crippen molar-refractivity contribution in [1.82, 2.24) is 4.90 Å². The summed E-state index contributed by atoms with van der Waals surface area (Å²) in [7, 11) is 1.54. The highest BCUT2D eigenvalue weighted by molar-refractivity contribution is 6.21. The molecule has 1 aliphatic rings. The summed E-state index contributed by atoms with van der Waals surface area (Å²) >= 11 is 0. The van der Waals surface area contributed by atoms with Gasteiger partial charge in [0, 0.05) is 5.57 Å². The van der Waals surface area contributed by atoms with Crippen LogP contribution in [-0.2, 0) is 0 Å². The summed E-state index contributed by atoms with van der Waals surface area (Å²) in [5, 5.41) is 0. The van der Waals surface area contributed by atoms with Gasteiger partial charge in [-0.15, -0.1) is 0 Å². The van der Waals surface area contributed by atoms with Crippen LogP contribution >= 0.6 is 0 Å². The van der Waals surface area contributed by atoms with Gasteiger partial charge in [-0.1, -0.05) is 24.3 Å². The Morgan fingerprint density at radius 2 is 1.61 bits per heavy atom. The van der Waals surface area contributed by atoms with Crippen molar-refractivity contribution in [2.45, 2.75) is 0 Å². The van der Waals surface area contributed by atoms with Gasteiger partial charge in [0.15, 0.2) is 0 Å². The lowest BCUT2D eigenvalue weighted by molar-refractivity contribution is 0.0674. The molecule has 3 rings (SSSR count). The van der Waals surface area contributed by atoms with E-state index in [0.29, 0.717) is 28.8 Å². The average molecular weight is 311 g/mol. The van der Waals surface area contributed by atoms with E-state index in [1.165, 1.54) is 0 Å². The predicted octanol–water partition coefficient (Wildman–Crippen LogP) is 3.30. The zero-order valence-corrected chi connectivity index (χ0v) is 12.5. The van der Waals surface area contributed by atoms with Crippen LogP contribution in [0, 0.1) is 0 Å². The molecule has 0 unspecified atom stereocenters. The number of halogens is 1. The molecule has 2 aromatic carbocycles. The number of rotatable bonds is 4. The second-order valence-electron chi connectivity index (χ2n) is 5.10. The summed E-state index contributed by atoms with van der Waals surface area (Å²) in [5.74, 6) is -0.162. The van der Waals surface area contributed by atoms with Crippen LogP contribution in [0.15, 0.2) is 54.9 Å². The standard InChI is InChI=1S/C18H14FNO3/c1-23-14-8-6-12(7-9-14)13(10-19)11-20-17(21)15-4-2-3-5-16(15)18(20)22/h2-10H,11H2,1H3. The van der Waals surface area contributed by atoms with Gasteiger partial charge in [0.2, 0.25) is 0 Å². The Hall–Kier alpha value is -2.95. The quantitative estimate of drug-likeness (QED) is 0.814. The first kappa shape index (κ1) is 15.0. The molecule has 0 spiro atoms. The van der Waals surface area contributed by atoms with Gasteiger partial charge in [-0.05, 0) is 29.8 Å². The molecule has 0 aromatic heterocycles. The Kier molecular flexibility index (Phi) is 3.93. The number of carbonyl (C=O) groups excluding carboxylic acids is 2. The van der Waals surface area contributed by atoms with Crippen LogP contribution in [-0.4, -0.2) is 30.4 Å². The Balaban J connectivity index is 1.86. The van der Waals surface area contributed by atoms with Gasteiger partial charge in [-0.2, -0.15) is 0 Å². The Bertz CT molecular complexity index is 761. The summed E-state index contributed by atoms with van der Waals surface area (Å²) in [6, 6.07) is 13.3. The number of nitrogens with zero attached hydrogens (tertiary/aromatic N) is 1. The fraction of sp³-hybridized carbons (Fsp3) is 0.111. The Morgan fingerprint density at radius 1 is 1.04 bits per heavy atom. The second kappa shape index (κ2) is 6.04. The van der Waals surface area contributed by atoms with Crippen LogP contribution in [0.3, 0.4) is 0 Å². The highest BCUT2D eigenvalue weighted by Gasteiger charge is 2.35. The number of fused-ring (bicyclic) bond motifs is 1. The van der Waals surface area contributed by atoms with Crippen molar-refractivity contribution in [2.75, 3.05) is 13.7 Å². The first-order chi connectivity index (χ1) is 11.2. The first-order valence-corrected chi connectivity index (χ1v) is 7.04. The van der Waals surface area contributed by atoms with Crippen LogP contribution in [0.25, 0.3) is 5.57 Å². The lowest BCUT2D eigenvalue weighted by Gasteiger charge is -2.16. The molecule has 0 saturated heterocycles. The van der Waals surface area contributed by atoms with Crippen molar-refractivity contribution in [2.24, 2.45) is 0 Å². The van der Waals surface area contributed by atoms with Gasteiger partial charge in [0.25, 0.3) is 11.8 Å². The Labute approximate surface area is 132 Å². The fourth-order valence-electron chi connectivity index (χ4n) is 2.55. The van der Waals surface area contributed by atoms with Crippen LogP contribution in [0.2, 0.25) is 0 Å². The van der Waals surface area contributed by atoms with Crippen LogP contribution in [0.4, 0.5) is 4.39 Å². The highest BCUT2D eigenvalue weighted by atomic mass is 19.1. The third kappa shape index (κ3) is 2.61. The van der Waals surface area contributed by atoms with Crippen LogP contribution in [0.1, 0.15) is 26.3 Å². The van der Waals surface area contributed by atoms with Crippen LogP contribution < -0.4 is 4.74 Å². The van der Waals surface area contributed by atoms with E-state index in [1.54, 1.807) is 55.6 Å². The molecular weight excluding hydrogens is 297 g/mol. The molecule has 2 amide bonds. The smallest absolute Gasteiger partial charge is 0.261 e. The summed E-state index contributed by atoms with van der Waals surface area (Å²) in [5.41, 5.74) is 1.54. The first-order valence-electron chi connectivity index (χ1n) is 7.04. The monoisotopic (exact) mass is 311 g/mol. The summed E-state index contributed by atoms with van der Waals surface area (Å²) in [4.78, 5) is 25.7. The number of ether oxygens (including phenoxy) is 1. The molecule has 0 N–H and O–H groups in total. The van der Waals surface area contributed by atoms with Gasteiger partial charge in [-0.25, -0.2) is 4.39 Å². The summed E-state index contributed by atoms with van der Waals surface area (Å²) in [6.07, 6.45) is 0.422. The normalized spacial score (nSPS) is 14.2. The highest BCUT2D eigenvalue weighted by Crippen LogP contribution is 2.26. The van der Waals surface area contributed by atoms with E-state index in [1.807, 2.05) is 0 Å². The fourth-order valence-corrected chi connectivity index (χ4v) is 2.55. The predicted molar refractivity (Wildman–Crippen MR) is 83.9 cm³/mol. The third-order valence-corrected chi connectivity index (χ3v) is 3.80. The number of amides is 2. The van der Waals surface area contributed by atoms with Gasteiger partial charge < -0.3 is 4.74 Å². The molecule has 23 heavy (non-hydrogen) atoms. The molecule has 5 heteroatoms. The SMILES string of the molecule is COc1ccc(C(=CF)CN2C(=O)c3ccccc3C2=O)cc1. The van der Waals surface area contributed by atoms with Gasteiger partial charge in [-0.3, -0.25) is 14.5 Å². The van der Waals surface area contributed by atoms with E-state index in [4.69, 9.17) is 4.74 Å². The molecule has 1 heterocycles. The molecule has 2 aromatic rings. The zero-order valence-electron chi connectivity index (χ0n) is 12.5. The minimum atomic E-state index is -0.404. The Morgan fingerprint density at radius 3 is 2.09 bits per heavy atom. The molecule has 0 aliphatic carbocycles.